The van der Waals surface area contributed by atoms with Crippen molar-refractivity contribution in [2.24, 2.45) is 0 Å². The van der Waals surface area contributed by atoms with Crippen LogP contribution in [0.2, 0.25) is 0 Å². The van der Waals surface area contributed by atoms with Gasteiger partial charge in [-0.05, 0) is 25.0 Å². The van der Waals surface area contributed by atoms with E-state index in [0.29, 0.717) is 12.1 Å². The third kappa shape index (κ3) is 3.19. The van der Waals surface area contributed by atoms with Gasteiger partial charge < -0.3 is 10.4 Å². The molecule has 2 heterocycles. The number of hydrogen-bond donors (Lipinski definition) is 2. The number of carbonyl (C=O) groups is 1. The van der Waals surface area contributed by atoms with E-state index < -0.39 is 15.8 Å². The fourth-order valence-corrected chi connectivity index (χ4v) is 3.61. The lowest BCUT2D eigenvalue weighted by Gasteiger charge is -2.23. The molecule has 0 spiro atoms. The smallest absolute Gasteiger partial charge is 0.354 e. The Morgan fingerprint density at radius 2 is 2.22 bits per heavy atom. The van der Waals surface area contributed by atoms with Crippen LogP contribution < -0.4 is 5.32 Å². The van der Waals surface area contributed by atoms with E-state index >= 15 is 0 Å². The molecule has 1 aromatic heterocycles. The third-order valence-corrected chi connectivity index (χ3v) is 4.64. The standard InChI is InChI=1S/C11H14N2O4S/c14-11(15)10-4-3-8(6-12-10)13-9-2-1-5-18(16,17)7-9/h3-4,6,9,13H,1-2,5,7H2,(H,14,15). The van der Waals surface area contributed by atoms with Crippen LogP contribution in [0.3, 0.4) is 0 Å². The van der Waals surface area contributed by atoms with E-state index in [1.54, 1.807) is 6.07 Å². The normalized spacial score (nSPS) is 22.3. The van der Waals surface area contributed by atoms with Crippen LogP contribution in [0.4, 0.5) is 5.69 Å². The number of aromatic carboxylic acids is 1. The molecule has 1 aliphatic rings. The van der Waals surface area contributed by atoms with Gasteiger partial charge in [0.15, 0.2) is 9.84 Å². The minimum Gasteiger partial charge on any atom is -0.477 e. The van der Waals surface area contributed by atoms with Crippen molar-refractivity contribution in [1.82, 2.24) is 4.98 Å². The van der Waals surface area contributed by atoms with Gasteiger partial charge in [0, 0.05) is 6.04 Å². The Morgan fingerprint density at radius 3 is 2.78 bits per heavy atom. The van der Waals surface area contributed by atoms with Crippen molar-refractivity contribution >= 4 is 21.5 Å². The lowest BCUT2D eigenvalue weighted by Crippen LogP contribution is -2.34. The molecule has 7 heteroatoms. The third-order valence-electron chi connectivity index (χ3n) is 2.82. The van der Waals surface area contributed by atoms with Crippen LogP contribution in [0, 0.1) is 0 Å². The van der Waals surface area contributed by atoms with E-state index in [1.807, 2.05) is 0 Å². The Kier molecular flexibility index (Phi) is 3.51. The topological polar surface area (TPSA) is 96.4 Å². The molecule has 1 unspecified atom stereocenters. The number of carboxylic acids is 1. The molecule has 18 heavy (non-hydrogen) atoms. The van der Waals surface area contributed by atoms with E-state index in [-0.39, 0.29) is 23.2 Å². The van der Waals surface area contributed by atoms with Crippen LogP contribution in [-0.4, -0.2) is 42.0 Å². The van der Waals surface area contributed by atoms with Crippen molar-refractivity contribution in [3.63, 3.8) is 0 Å². The van der Waals surface area contributed by atoms with Crippen molar-refractivity contribution in [2.75, 3.05) is 16.8 Å². The van der Waals surface area contributed by atoms with Crippen LogP contribution >= 0.6 is 0 Å². The second kappa shape index (κ2) is 4.93. The Labute approximate surface area is 105 Å². The molecule has 0 aromatic carbocycles. The van der Waals surface area contributed by atoms with Crippen molar-refractivity contribution in [3.05, 3.63) is 24.0 Å². The van der Waals surface area contributed by atoms with E-state index in [4.69, 9.17) is 5.11 Å². The number of nitrogens with zero attached hydrogens (tertiary/aromatic N) is 1. The molecule has 0 amide bonds. The Hall–Kier alpha value is -1.63. The summed E-state index contributed by atoms with van der Waals surface area (Å²) in [4.78, 5) is 14.4. The number of anilines is 1. The minimum absolute atomic E-state index is 0.0307. The number of rotatable bonds is 3. The Morgan fingerprint density at radius 1 is 1.44 bits per heavy atom. The number of aromatic nitrogens is 1. The first-order valence-corrected chi connectivity index (χ1v) is 7.45. The van der Waals surface area contributed by atoms with Crippen LogP contribution in [-0.2, 0) is 9.84 Å². The van der Waals surface area contributed by atoms with Crippen LogP contribution in [0.1, 0.15) is 23.3 Å². The summed E-state index contributed by atoms with van der Waals surface area (Å²) in [5.74, 6) is -0.712. The van der Waals surface area contributed by atoms with Gasteiger partial charge in [-0.1, -0.05) is 0 Å². The number of nitrogens with one attached hydrogen (secondary N) is 1. The van der Waals surface area contributed by atoms with E-state index in [9.17, 15) is 13.2 Å². The largest absolute Gasteiger partial charge is 0.477 e. The summed E-state index contributed by atoms with van der Waals surface area (Å²) in [7, 11) is -2.95. The minimum atomic E-state index is -2.95. The second-order valence-electron chi connectivity index (χ2n) is 4.34. The summed E-state index contributed by atoms with van der Waals surface area (Å²) in [5, 5.41) is 11.8. The van der Waals surface area contributed by atoms with Gasteiger partial charge in [-0.2, -0.15) is 0 Å². The zero-order valence-electron chi connectivity index (χ0n) is 9.67. The molecule has 1 aliphatic heterocycles. The predicted molar refractivity (Wildman–Crippen MR) is 66.5 cm³/mol. The number of hydrogen-bond acceptors (Lipinski definition) is 5. The molecule has 1 atom stereocenters. The number of carboxylic acid groups (broad SMARTS) is 1. The van der Waals surface area contributed by atoms with Gasteiger partial charge in [-0.3, -0.25) is 0 Å². The summed E-state index contributed by atoms with van der Waals surface area (Å²) in [6, 6.07) is 2.86. The molecule has 2 rings (SSSR count). The molecular weight excluding hydrogens is 256 g/mol. The average Bonchev–Trinajstić information content (AvgIpc) is 2.28. The van der Waals surface area contributed by atoms with Gasteiger partial charge in [0.25, 0.3) is 0 Å². The Balaban J connectivity index is 2.03. The first-order valence-electron chi connectivity index (χ1n) is 5.62. The highest BCUT2D eigenvalue weighted by atomic mass is 32.2. The molecule has 2 N–H and O–H groups in total. The molecule has 1 aromatic rings. The molecule has 0 aliphatic carbocycles. The van der Waals surface area contributed by atoms with Crippen LogP contribution in [0.15, 0.2) is 18.3 Å². The maximum atomic E-state index is 11.5. The summed E-state index contributed by atoms with van der Waals surface area (Å²) >= 11 is 0. The zero-order valence-corrected chi connectivity index (χ0v) is 10.5. The van der Waals surface area contributed by atoms with Gasteiger partial charge in [0.1, 0.15) is 5.69 Å². The second-order valence-corrected chi connectivity index (χ2v) is 6.56. The SMILES string of the molecule is O=C(O)c1ccc(NC2CCCS(=O)(=O)C2)cn1. The van der Waals surface area contributed by atoms with E-state index in [1.165, 1.54) is 12.3 Å². The van der Waals surface area contributed by atoms with Gasteiger partial charge in [-0.25, -0.2) is 18.2 Å². The molecule has 1 saturated heterocycles. The fraction of sp³-hybridized carbons (Fsp3) is 0.455. The average molecular weight is 270 g/mol. The molecular formula is C11H14N2O4S. The van der Waals surface area contributed by atoms with Crippen LogP contribution in [0.5, 0.6) is 0 Å². The first-order chi connectivity index (χ1) is 8.46. The lowest BCUT2D eigenvalue weighted by atomic mass is 10.2. The zero-order chi connectivity index (χ0) is 13.2. The quantitative estimate of drug-likeness (QED) is 0.842. The van der Waals surface area contributed by atoms with Crippen molar-refractivity contribution < 1.29 is 18.3 Å². The Bertz CT molecular complexity index is 539. The first kappa shape index (κ1) is 12.8. The fourth-order valence-electron chi connectivity index (χ4n) is 1.98. The lowest BCUT2D eigenvalue weighted by molar-refractivity contribution is 0.0690. The summed E-state index contributed by atoms with van der Waals surface area (Å²) in [6.45, 7) is 0. The van der Waals surface area contributed by atoms with Gasteiger partial charge in [0.05, 0.1) is 23.4 Å². The van der Waals surface area contributed by atoms with Gasteiger partial charge in [0.2, 0.25) is 0 Å². The summed E-state index contributed by atoms with van der Waals surface area (Å²) in [6.07, 6.45) is 2.85. The van der Waals surface area contributed by atoms with Crippen LogP contribution in [0.25, 0.3) is 0 Å². The summed E-state index contributed by atoms with van der Waals surface area (Å²) in [5.41, 5.74) is 0.610. The maximum absolute atomic E-state index is 11.5. The highest BCUT2D eigenvalue weighted by Crippen LogP contribution is 2.17. The van der Waals surface area contributed by atoms with Crippen molar-refractivity contribution in [1.29, 1.82) is 0 Å². The molecule has 0 saturated carbocycles. The predicted octanol–water partition coefficient (Wildman–Crippen LogP) is 0.769. The van der Waals surface area contributed by atoms with Crippen molar-refractivity contribution in [2.45, 2.75) is 18.9 Å². The van der Waals surface area contributed by atoms with Gasteiger partial charge >= 0.3 is 5.97 Å². The number of pyridine rings is 1. The number of sulfone groups is 1. The van der Waals surface area contributed by atoms with Crippen molar-refractivity contribution in [3.8, 4) is 0 Å². The van der Waals surface area contributed by atoms with Gasteiger partial charge in [-0.15, -0.1) is 0 Å². The molecule has 0 bridgehead atoms. The molecule has 6 nitrogen and oxygen atoms in total. The molecule has 98 valence electrons. The highest BCUT2D eigenvalue weighted by molar-refractivity contribution is 7.91. The highest BCUT2D eigenvalue weighted by Gasteiger charge is 2.24. The summed E-state index contributed by atoms with van der Waals surface area (Å²) < 4.78 is 22.9. The molecule has 0 radical (unpaired) electrons. The monoisotopic (exact) mass is 270 g/mol. The maximum Gasteiger partial charge on any atom is 0.354 e. The molecule has 1 fully saturated rings. The van der Waals surface area contributed by atoms with E-state index in [2.05, 4.69) is 10.3 Å². The van der Waals surface area contributed by atoms with E-state index in [0.717, 1.165) is 6.42 Å².